The molecule has 0 aliphatic heterocycles. The second kappa shape index (κ2) is 8.45. The molecule has 4 aromatic rings. The summed E-state index contributed by atoms with van der Waals surface area (Å²) in [6.07, 6.45) is 4.69. The molecule has 0 saturated heterocycles. The Bertz CT molecular complexity index is 1150. The predicted octanol–water partition coefficient (Wildman–Crippen LogP) is 3.52. The Balaban J connectivity index is 1.57. The van der Waals surface area contributed by atoms with Crippen LogP contribution in [0.15, 0.2) is 77.9 Å². The van der Waals surface area contributed by atoms with Crippen LogP contribution in [0.2, 0.25) is 0 Å². The number of benzene rings is 2. The molecule has 5 heteroatoms. The molecule has 2 aromatic carbocycles. The predicted molar refractivity (Wildman–Crippen MR) is 117 cm³/mol. The molecule has 0 N–H and O–H groups in total. The van der Waals surface area contributed by atoms with Crippen molar-refractivity contribution in [2.24, 2.45) is 14.1 Å². The van der Waals surface area contributed by atoms with Gasteiger partial charge in [-0.2, -0.15) is 0 Å². The lowest BCUT2D eigenvalue weighted by Crippen LogP contribution is -2.25. The largest absolute Gasteiger partial charge is 0.328 e. The fourth-order valence-electron chi connectivity index (χ4n) is 3.80. The maximum Gasteiger partial charge on any atom is 0.328 e. The van der Waals surface area contributed by atoms with E-state index in [1.165, 1.54) is 16.7 Å². The van der Waals surface area contributed by atoms with E-state index in [0.717, 1.165) is 37.1 Å². The van der Waals surface area contributed by atoms with Gasteiger partial charge in [0.05, 0.1) is 11.0 Å². The first-order chi connectivity index (χ1) is 14.1. The molecule has 0 unspecified atom stereocenters. The molecule has 0 saturated carbocycles. The molecule has 2 heterocycles. The molecular formula is C24H26N4O. The van der Waals surface area contributed by atoms with Crippen molar-refractivity contribution < 1.29 is 0 Å². The summed E-state index contributed by atoms with van der Waals surface area (Å²) in [5.41, 5.74) is 5.75. The molecular weight excluding hydrogens is 360 g/mol. The Morgan fingerprint density at radius 1 is 0.793 bits per heavy atom. The van der Waals surface area contributed by atoms with Crippen LogP contribution in [-0.4, -0.2) is 25.6 Å². The monoisotopic (exact) mass is 386 g/mol. The Kier molecular flexibility index (Phi) is 5.58. The number of pyridine rings is 1. The van der Waals surface area contributed by atoms with Crippen LogP contribution >= 0.6 is 0 Å². The van der Waals surface area contributed by atoms with Gasteiger partial charge in [0, 0.05) is 46.1 Å². The van der Waals surface area contributed by atoms with E-state index in [1.54, 1.807) is 9.13 Å². The summed E-state index contributed by atoms with van der Waals surface area (Å²) in [4.78, 5) is 18.8. The van der Waals surface area contributed by atoms with Gasteiger partial charge in [-0.15, -0.1) is 0 Å². The first kappa shape index (κ1) is 19.2. The van der Waals surface area contributed by atoms with Gasteiger partial charge in [0.1, 0.15) is 0 Å². The van der Waals surface area contributed by atoms with E-state index in [2.05, 4.69) is 64.5 Å². The van der Waals surface area contributed by atoms with Crippen molar-refractivity contribution in [1.82, 2.24) is 19.0 Å². The van der Waals surface area contributed by atoms with Gasteiger partial charge in [0.25, 0.3) is 0 Å². The molecule has 0 bridgehead atoms. The molecule has 0 aliphatic carbocycles. The molecule has 148 valence electrons. The molecule has 0 amide bonds. The Labute approximate surface area is 170 Å². The van der Waals surface area contributed by atoms with Gasteiger partial charge in [0.15, 0.2) is 0 Å². The topological polar surface area (TPSA) is 43.1 Å². The van der Waals surface area contributed by atoms with E-state index < -0.39 is 0 Å². The van der Waals surface area contributed by atoms with Crippen molar-refractivity contribution in [3.63, 3.8) is 0 Å². The van der Waals surface area contributed by atoms with E-state index in [9.17, 15) is 4.79 Å². The lowest BCUT2D eigenvalue weighted by atomic mass is 10.1. The quantitative estimate of drug-likeness (QED) is 0.488. The van der Waals surface area contributed by atoms with Gasteiger partial charge in [-0.25, -0.2) is 4.79 Å². The van der Waals surface area contributed by atoms with Gasteiger partial charge in [-0.05, 0) is 47.4 Å². The number of imidazole rings is 1. The summed E-state index contributed by atoms with van der Waals surface area (Å²) in [5.74, 6) is 0. The highest BCUT2D eigenvalue weighted by molar-refractivity contribution is 5.76. The highest BCUT2D eigenvalue weighted by Gasteiger charge is 2.12. The average Bonchev–Trinajstić information content (AvgIpc) is 2.97. The summed E-state index contributed by atoms with van der Waals surface area (Å²) in [7, 11) is 3.65. The Hall–Kier alpha value is -3.18. The fourth-order valence-corrected chi connectivity index (χ4v) is 3.80. The fraction of sp³-hybridized carbons (Fsp3) is 0.250. The Morgan fingerprint density at radius 2 is 1.48 bits per heavy atom. The maximum absolute atomic E-state index is 12.2. The zero-order valence-corrected chi connectivity index (χ0v) is 17.0. The van der Waals surface area contributed by atoms with Crippen molar-refractivity contribution >= 4 is 11.0 Å². The lowest BCUT2D eigenvalue weighted by molar-refractivity contribution is 0.260. The average molecular weight is 386 g/mol. The second-order valence-electron chi connectivity index (χ2n) is 7.53. The van der Waals surface area contributed by atoms with E-state index in [-0.39, 0.29) is 5.69 Å². The number of nitrogens with zero attached hydrogens (tertiary/aromatic N) is 4. The third-order valence-corrected chi connectivity index (χ3v) is 5.46. The first-order valence-corrected chi connectivity index (χ1v) is 9.91. The molecule has 0 atom stereocenters. The SMILES string of the molecule is Cn1c(=O)n(C)c2cc(CN(CCc3ccccc3)Cc3ccncc3)ccc21. The minimum atomic E-state index is 0.00914. The summed E-state index contributed by atoms with van der Waals surface area (Å²) in [5, 5.41) is 0. The third-order valence-electron chi connectivity index (χ3n) is 5.46. The normalized spacial score (nSPS) is 11.4. The number of aromatic nitrogens is 3. The van der Waals surface area contributed by atoms with Crippen LogP contribution in [0.5, 0.6) is 0 Å². The summed E-state index contributed by atoms with van der Waals surface area (Å²) < 4.78 is 3.42. The maximum atomic E-state index is 12.2. The van der Waals surface area contributed by atoms with Crippen molar-refractivity contribution in [3.8, 4) is 0 Å². The molecule has 29 heavy (non-hydrogen) atoms. The van der Waals surface area contributed by atoms with Crippen LogP contribution in [0.25, 0.3) is 11.0 Å². The zero-order chi connectivity index (χ0) is 20.2. The van der Waals surface area contributed by atoms with Gasteiger partial charge in [-0.1, -0.05) is 36.4 Å². The zero-order valence-electron chi connectivity index (χ0n) is 17.0. The van der Waals surface area contributed by atoms with E-state index in [4.69, 9.17) is 0 Å². The number of hydrogen-bond acceptors (Lipinski definition) is 3. The van der Waals surface area contributed by atoms with Gasteiger partial charge < -0.3 is 0 Å². The van der Waals surface area contributed by atoms with Crippen LogP contribution in [-0.2, 0) is 33.6 Å². The smallest absolute Gasteiger partial charge is 0.295 e. The number of rotatable bonds is 7. The van der Waals surface area contributed by atoms with Gasteiger partial charge in [0.2, 0.25) is 0 Å². The molecule has 4 rings (SSSR count). The van der Waals surface area contributed by atoms with E-state index in [0.29, 0.717) is 0 Å². The third kappa shape index (κ3) is 4.30. The van der Waals surface area contributed by atoms with Crippen molar-refractivity contribution in [1.29, 1.82) is 0 Å². The van der Waals surface area contributed by atoms with Crippen molar-refractivity contribution in [2.75, 3.05) is 6.54 Å². The van der Waals surface area contributed by atoms with Gasteiger partial charge in [-0.3, -0.25) is 19.0 Å². The van der Waals surface area contributed by atoms with E-state index in [1.807, 2.05) is 32.6 Å². The van der Waals surface area contributed by atoms with Crippen molar-refractivity contribution in [2.45, 2.75) is 19.5 Å². The van der Waals surface area contributed by atoms with E-state index >= 15 is 0 Å². The molecule has 0 fully saturated rings. The number of fused-ring (bicyclic) bond motifs is 1. The van der Waals surface area contributed by atoms with Crippen LogP contribution in [0.4, 0.5) is 0 Å². The Morgan fingerprint density at radius 3 is 2.24 bits per heavy atom. The van der Waals surface area contributed by atoms with Crippen LogP contribution in [0.1, 0.15) is 16.7 Å². The highest BCUT2D eigenvalue weighted by atomic mass is 16.1. The minimum absolute atomic E-state index is 0.00914. The van der Waals surface area contributed by atoms with Crippen molar-refractivity contribution in [3.05, 3.63) is 100 Å². The summed E-state index contributed by atoms with van der Waals surface area (Å²) >= 11 is 0. The molecule has 5 nitrogen and oxygen atoms in total. The minimum Gasteiger partial charge on any atom is -0.295 e. The number of aryl methyl sites for hydroxylation is 2. The highest BCUT2D eigenvalue weighted by Crippen LogP contribution is 2.17. The number of hydrogen-bond donors (Lipinski definition) is 0. The van der Waals surface area contributed by atoms with Crippen LogP contribution in [0, 0.1) is 0 Å². The summed E-state index contributed by atoms with van der Waals surface area (Å²) in [6, 6.07) is 21.0. The standard InChI is InChI=1S/C24H26N4O/c1-26-22-9-8-21(16-23(22)27(2)24(26)29)18-28(17-20-10-13-25-14-11-20)15-12-19-6-4-3-5-7-19/h3-11,13-14,16H,12,15,17-18H2,1-2H3. The first-order valence-electron chi connectivity index (χ1n) is 9.91. The second-order valence-corrected chi connectivity index (χ2v) is 7.53. The molecule has 0 radical (unpaired) electrons. The van der Waals surface area contributed by atoms with Crippen LogP contribution in [0.3, 0.4) is 0 Å². The summed E-state index contributed by atoms with van der Waals surface area (Å²) in [6.45, 7) is 2.65. The van der Waals surface area contributed by atoms with Gasteiger partial charge >= 0.3 is 5.69 Å². The lowest BCUT2D eigenvalue weighted by Gasteiger charge is -2.23. The molecule has 0 spiro atoms. The molecule has 2 aromatic heterocycles. The molecule has 0 aliphatic rings. The van der Waals surface area contributed by atoms with Crippen LogP contribution < -0.4 is 5.69 Å².